The fourth-order valence-corrected chi connectivity index (χ4v) is 6.91. The summed E-state index contributed by atoms with van der Waals surface area (Å²) in [6, 6.07) is 36.1. The van der Waals surface area contributed by atoms with Crippen LogP contribution in [0.4, 0.5) is 4.39 Å². The molecular formula is C44H42FN3O2S. The highest BCUT2D eigenvalue weighted by molar-refractivity contribution is 7.16. The molecule has 0 N–H and O–H groups in total. The van der Waals surface area contributed by atoms with Crippen LogP contribution in [-0.2, 0) is 18.2 Å². The summed E-state index contributed by atoms with van der Waals surface area (Å²) in [5, 5.41) is 9.41. The molecule has 6 aromatic rings. The quantitative estimate of drug-likeness (QED) is 0.0374. The standard InChI is InChI=1S/C44H42FN3O2S/c1-6-11-32-14-16-33(17-15-32)35-20-24-38(40(28-35)31(4)46-47-44-48(5)42-12-8-9-13-43(42)51-44)36-21-25-39(41(45)29-36)34-18-22-37(23-19-34)50-27-10-26-49-30(3)7-2/h7-9,12-25,28-29H,2-3,6,10-11,26-27H2,1,4-5H3/b46-31+,47-44-. The van der Waals surface area contributed by atoms with Crippen molar-refractivity contribution in [1.29, 1.82) is 0 Å². The summed E-state index contributed by atoms with van der Waals surface area (Å²) in [7, 11) is 2.00. The predicted molar refractivity (Wildman–Crippen MR) is 211 cm³/mol. The number of para-hydroxylation sites is 1. The van der Waals surface area contributed by atoms with Crippen molar-refractivity contribution in [3.05, 3.63) is 156 Å². The number of rotatable bonds is 14. The van der Waals surface area contributed by atoms with E-state index in [1.807, 2.05) is 62.5 Å². The third kappa shape index (κ3) is 8.44. The molecule has 0 unspecified atom stereocenters. The van der Waals surface area contributed by atoms with Crippen LogP contribution in [0.1, 0.15) is 37.8 Å². The van der Waals surface area contributed by atoms with Gasteiger partial charge >= 0.3 is 0 Å². The SMILES string of the molecule is C=CC(=C)OCCCOc1ccc(-c2ccc(-c3ccc(-c4ccc(CCC)cc4)cc3/C(C)=N/N=c3\sc4ccccc4n3C)cc2F)cc1. The zero-order valence-electron chi connectivity index (χ0n) is 29.4. The number of nitrogens with zero attached hydrogens (tertiary/aromatic N) is 3. The van der Waals surface area contributed by atoms with Crippen LogP contribution in [0.3, 0.4) is 0 Å². The van der Waals surface area contributed by atoms with Gasteiger partial charge in [0.2, 0.25) is 4.80 Å². The number of aromatic nitrogens is 1. The highest BCUT2D eigenvalue weighted by atomic mass is 32.1. The van der Waals surface area contributed by atoms with Crippen LogP contribution >= 0.6 is 11.3 Å². The first-order chi connectivity index (χ1) is 24.8. The van der Waals surface area contributed by atoms with Gasteiger partial charge in [-0.3, -0.25) is 0 Å². The number of thiazole rings is 1. The second-order valence-corrected chi connectivity index (χ2v) is 13.4. The lowest BCUT2D eigenvalue weighted by molar-refractivity contribution is 0.193. The van der Waals surface area contributed by atoms with Crippen molar-refractivity contribution in [2.45, 2.75) is 33.1 Å². The summed E-state index contributed by atoms with van der Waals surface area (Å²) in [4.78, 5) is 0.801. The Kier molecular flexibility index (Phi) is 11.4. The van der Waals surface area contributed by atoms with E-state index in [0.717, 1.165) is 67.0 Å². The maximum absolute atomic E-state index is 15.9. The molecule has 0 saturated carbocycles. The number of ether oxygens (including phenoxy) is 2. The zero-order valence-corrected chi connectivity index (χ0v) is 30.2. The molecule has 5 aromatic carbocycles. The van der Waals surface area contributed by atoms with Crippen molar-refractivity contribution in [1.82, 2.24) is 4.57 Å². The van der Waals surface area contributed by atoms with Crippen molar-refractivity contribution in [3.63, 3.8) is 0 Å². The van der Waals surface area contributed by atoms with E-state index in [0.29, 0.717) is 36.7 Å². The minimum atomic E-state index is -0.307. The third-order valence-electron chi connectivity index (χ3n) is 8.75. The number of allylic oxidation sites excluding steroid dienone is 1. The maximum Gasteiger partial charge on any atom is 0.211 e. The topological polar surface area (TPSA) is 48.1 Å². The first-order valence-electron chi connectivity index (χ1n) is 17.2. The normalized spacial score (nSPS) is 11.9. The molecule has 0 amide bonds. The summed E-state index contributed by atoms with van der Waals surface area (Å²) in [5.74, 6) is 0.955. The van der Waals surface area contributed by atoms with Crippen LogP contribution in [-0.4, -0.2) is 23.5 Å². The molecule has 1 heterocycles. The first kappa shape index (κ1) is 35.3. The van der Waals surface area contributed by atoms with Crippen LogP contribution in [0.25, 0.3) is 43.6 Å². The molecule has 258 valence electrons. The zero-order chi connectivity index (χ0) is 35.7. The Morgan fingerprint density at radius 3 is 2.27 bits per heavy atom. The molecule has 7 heteroatoms. The van der Waals surface area contributed by atoms with E-state index < -0.39 is 0 Å². The molecule has 5 nitrogen and oxygen atoms in total. The highest BCUT2D eigenvalue weighted by Crippen LogP contribution is 2.34. The Morgan fingerprint density at radius 1 is 0.843 bits per heavy atom. The van der Waals surface area contributed by atoms with Crippen LogP contribution in [0.5, 0.6) is 5.75 Å². The molecule has 0 saturated heterocycles. The second kappa shape index (κ2) is 16.5. The molecule has 0 aliphatic carbocycles. The van der Waals surface area contributed by atoms with E-state index in [9.17, 15) is 0 Å². The number of aryl methyl sites for hydroxylation is 2. The third-order valence-corrected chi connectivity index (χ3v) is 9.86. The Bertz CT molecular complexity index is 2260. The molecule has 0 aliphatic heterocycles. The van der Waals surface area contributed by atoms with Crippen LogP contribution in [0.2, 0.25) is 0 Å². The minimum Gasteiger partial charge on any atom is -0.494 e. The largest absolute Gasteiger partial charge is 0.494 e. The Balaban J connectivity index is 1.30. The van der Waals surface area contributed by atoms with Gasteiger partial charge in [-0.25, -0.2) is 4.39 Å². The smallest absolute Gasteiger partial charge is 0.211 e. The molecular weight excluding hydrogens is 654 g/mol. The average Bonchev–Trinajstić information content (AvgIpc) is 3.48. The van der Waals surface area contributed by atoms with Crippen molar-refractivity contribution in [2.75, 3.05) is 13.2 Å². The van der Waals surface area contributed by atoms with Crippen molar-refractivity contribution in [3.8, 4) is 39.1 Å². The molecule has 0 aliphatic rings. The molecule has 0 atom stereocenters. The van der Waals surface area contributed by atoms with Crippen LogP contribution in [0, 0.1) is 5.82 Å². The lowest BCUT2D eigenvalue weighted by atomic mass is 9.91. The van der Waals surface area contributed by atoms with Gasteiger partial charge < -0.3 is 14.0 Å². The lowest BCUT2D eigenvalue weighted by Gasteiger charge is -2.14. The molecule has 6 rings (SSSR count). The van der Waals surface area contributed by atoms with Crippen LogP contribution in [0.15, 0.2) is 144 Å². The number of hydrogen-bond acceptors (Lipinski definition) is 5. The summed E-state index contributed by atoms with van der Waals surface area (Å²) in [6.45, 7) is 12.5. The molecule has 0 fully saturated rings. The number of benzene rings is 5. The lowest BCUT2D eigenvalue weighted by Crippen LogP contribution is -2.09. The molecule has 0 bridgehead atoms. The van der Waals surface area contributed by atoms with Gasteiger partial charge in [-0.15, -0.1) is 5.10 Å². The van der Waals surface area contributed by atoms with Gasteiger partial charge in [0.05, 0.1) is 29.1 Å². The van der Waals surface area contributed by atoms with Crippen LogP contribution < -0.4 is 9.54 Å². The number of fused-ring (bicyclic) bond motifs is 1. The Morgan fingerprint density at radius 2 is 1.55 bits per heavy atom. The summed E-state index contributed by atoms with van der Waals surface area (Å²) in [5.41, 5.74) is 9.18. The minimum absolute atomic E-state index is 0.307. The number of halogens is 1. The summed E-state index contributed by atoms with van der Waals surface area (Å²) in [6.07, 6.45) is 4.44. The van der Waals surface area contributed by atoms with E-state index in [4.69, 9.17) is 14.6 Å². The molecule has 0 spiro atoms. The highest BCUT2D eigenvalue weighted by Gasteiger charge is 2.14. The molecule has 1 aromatic heterocycles. The number of hydrogen-bond donors (Lipinski definition) is 0. The average molecular weight is 696 g/mol. The monoisotopic (exact) mass is 695 g/mol. The van der Waals surface area contributed by atoms with Gasteiger partial charge in [0.25, 0.3) is 0 Å². The van der Waals surface area contributed by atoms with Crippen molar-refractivity contribution < 1.29 is 13.9 Å². The van der Waals surface area contributed by atoms with Gasteiger partial charge in [-0.05, 0) is 89.2 Å². The summed E-state index contributed by atoms with van der Waals surface area (Å²) < 4.78 is 30.3. The maximum atomic E-state index is 15.9. The first-order valence-corrected chi connectivity index (χ1v) is 18.0. The fourth-order valence-electron chi connectivity index (χ4n) is 5.94. The van der Waals surface area contributed by atoms with E-state index in [-0.39, 0.29) is 5.82 Å². The summed E-state index contributed by atoms with van der Waals surface area (Å²) >= 11 is 1.60. The van der Waals surface area contributed by atoms with Gasteiger partial charge in [0, 0.05) is 24.6 Å². The molecule has 51 heavy (non-hydrogen) atoms. The van der Waals surface area contributed by atoms with Gasteiger partial charge in [-0.2, -0.15) is 5.10 Å². The van der Waals surface area contributed by atoms with Gasteiger partial charge in [0.1, 0.15) is 17.3 Å². The molecule has 0 radical (unpaired) electrons. The van der Waals surface area contributed by atoms with E-state index in [1.54, 1.807) is 23.5 Å². The Labute approximate surface area is 303 Å². The predicted octanol–water partition coefficient (Wildman–Crippen LogP) is 11.1. The fraction of sp³-hybridized carbons (Fsp3) is 0.182. The Hall–Kier alpha value is -5.53. The van der Waals surface area contributed by atoms with E-state index >= 15 is 4.39 Å². The second-order valence-electron chi connectivity index (χ2n) is 12.3. The van der Waals surface area contributed by atoms with E-state index in [2.05, 4.69) is 84.3 Å². The van der Waals surface area contributed by atoms with E-state index in [1.165, 1.54) is 5.56 Å². The van der Waals surface area contributed by atoms with Gasteiger partial charge in [-0.1, -0.05) is 111 Å². The van der Waals surface area contributed by atoms with Gasteiger partial charge in [0.15, 0.2) is 0 Å². The van der Waals surface area contributed by atoms with Crippen molar-refractivity contribution >= 4 is 27.3 Å². The van der Waals surface area contributed by atoms with Crippen molar-refractivity contribution in [2.24, 2.45) is 17.3 Å².